The van der Waals surface area contributed by atoms with E-state index in [1.165, 1.54) is 48.7 Å². The second kappa shape index (κ2) is 12.8. The number of para-hydroxylation sites is 2. The molecule has 0 amide bonds. The topological polar surface area (TPSA) is 48.5 Å². The van der Waals surface area contributed by atoms with Crippen LogP contribution in [0.5, 0.6) is 0 Å². The molecule has 0 fully saturated rings. The van der Waals surface area contributed by atoms with E-state index in [1.54, 1.807) is 0 Å². The molecule has 0 saturated carbocycles. The summed E-state index contributed by atoms with van der Waals surface area (Å²) in [6.07, 6.45) is 0. The average molecular weight is 740 g/mol. The minimum absolute atomic E-state index is 0.630. The van der Waals surface area contributed by atoms with E-state index in [9.17, 15) is 0 Å². The van der Waals surface area contributed by atoms with Crippen molar-refractivity contribution >= 4 is 65.2 Å². The molecule has 0 saturated heterocycles. The molecule has 0 aliphatic carbocycles. The monoisotopic (exact) mass is 739 g/mol. The number of hydrogen-bond donors (Lipinski definition) is 0. The van der Waals surface area contributed by atoms with E-state index in [-0.39, 0.29) is 0 Å². The second-order valence-corrected chi connectivity index (χ2v) is 14.9. The van der Waals surface area contributed by atoms with Crippen LogP contribution < -0.4 is 0 Å². The lowest BCUT2D eigenvalue weighted by Crippen LogP contribution is -2.00. The maximum absolute atomic E-state index is 5.09. The van der Waals surface area contributed by atoms with Gasteiger partial charge in [0.2, 0.25) is 0 Å². The molecule has 5 heteroatoms. The normalized spacial score (nSPS) is 11.8. The summed E-state index contributed by atoms with van der Waals surface area (Å²) in [5.41, 5.74) is 9.69. The van der Waals surface area contributed by atoms with Crippen molar-refractivity contribution in [2.24, 2.45) is 0 Å². The maximum Gasteiger partial charge on any atom is 0.164 e. The lowest BCUT2D eigenvalue weighted by Gasteiger charge is -2.12. The third-order valence-corrected chi connectivity index (χ3v) is 11.5. The van der Waals surface area contributed by atoms with Crippen molar-refractivity contribution in [1.82, 2.24) is 24.1 Å². The van der Waals surface area contributed by atoms with Crippen molar-refractivity contribution in [3.63, 3.8) is 0 Å². The van der Waals surface area contributed by atoms with Gasteiger partial charge < -0.3 is 9.13 Å². The van der Waals surface area contributed by atoms with Gasteiger partial charge in [-0.1, -0.05) is 127 Å². The Kier molecular flexibility index (Phi) is 7.16. The van der Waals surface area contributed by atoms with E-state index in [2.05, 4.69) is 179 Å². The quantitative estimate of drug-likeness (QED) is 0.177. The number of fused-ring (bicyclic) bond motifs is 8. The molecule has 0 aliphatic heterocycles. The van der Waals surface area contributed by atoms with Gasteiger partial charge in [-0.3, -0.25) is 0 Å². The Morgan fingerprint density at radius 2 is 0.724 bits per heavy atom. The Labute approximate surface area is 333 Å². The van der Waals surface area contributed by atoms with E-state index < -0.39 is 0 Å². The summed E-state index contributed by atoms with van der Waals surface area (Å²) in [5.74, 6) is 1.92. The fourth-order valence-corrected chi connectivity index (χ4v) is 8.74. The van der Waals surface area contributed by atoms with Crippen LogP contribution in [0.3, 0.4) is 0 Å². The molecule has 0 N–H and O–H groups in total. The molecular weight excluding hydrogens is 707 g/mol. The summed E-state index contributed by atoms with van der Waals surface area (Å²) in [6.45, 7) is 0. The van der Waals surface area contributed by atoms with Crippen LogP contribution >= 0.6 is 0 Å². The molecule has 5 nitrogen and oxygen atoms in total. The zero-order valence-corrected chi connectivity index (χ0v) is 31.3. The Hall–Kier alpha value is -7.89. The molecule has 0 atom stereocenters. The fraction of sp³-hybridized carbons (Fsp3) is 0. The van der Waals surface area contributed by atoms with Gasteiger partial charge in [-0.2, -0.15) is 0 Å². The van der Waals surface area contributed by atoms with Crippen LogP contribution in [0, 0.1) is 0 Å². The third-order valence-electron chi connectivity index (χ3n) is 11.5. The first-order valence-electron chi connectivity index (χ1n) is 19.6. The van der Waals surface area contributed by atoms with Gasteiger partial charge >= 0.3 is 0 Å². The predicted octanol–water partition coefficient (Wildman–Crippen LogP) is 13.4. The highest BCUT2D eigenvalue weighted by Crippen LogP contribution is 2.41. The van der Waals surface area contributed by atoms with E-state index in [0.717, 1.165) is 44.5 Å². The summed E-state index contributed by atoms with van der Waals surface area (Å²) in [6, 6.07) is 71.1. The fourth-order valence-electron chi connectivity index (χ4n) is 8.74. The minimum atomic E-state index is 0.630. The lowest BCUT2D eigenvalue weighted by atomic mass is 10.0. The number of nitrogens with zero attached hydrogens (tertiary/aromatic N) is 5. The summed E-state index contributed by atoms with van der Waals surface area (Å²) >= 11 is 0. The number of benzene rings is 9. The molecule has 12 aromatic rings. The highest BCUT2D eigenvalue weighted by molar-refractivity contribution is 6.20. The maximum atomic E-state index is 5.09. The summed E-state index contributed by atoms with van der Waals surface area (Å²) in [5, 5.41) is 9.68. The van der Waals surface area contributed by atoms with Gasteiger partial charge in [-0.25, -0.2) is 15.0 Å². The van der Waals surface area contributed by atoms with Crippen molar-refractivity contribution < 1.29 is 0 Å². The Morgan fingerprint density at radius 1 is 0.259 bits per heavy atom. The lowest BCUT2D eigenvalue weighted by molar-refractivity contribution is 1.07. The Bertz CT molecular complexity index is 3550. The zero-order valence-electron chi connectivity index (χ0n) is 31.3. The standard InChI is InChI=1S/C53H33N5/c1-3-14-35(15-4-1)51-54-52(56-53(55-51)40-24-23-34-13-7-8-16-37(34)29-40)36-25-27-42(28-26-36)58-48-31-39-18-10-9-17-38(39)30-44(48)46-32-45-43-21-11-12-22-47(43)57(49(45)33-50(46)58)41-19-5-2-6-20-41/h1-33H. The van der Waals surface area contributed by atoms with Crippen LogP contribution in [-0.2, 0) is 0 Å². The van der Waals surface area contributed by atoms with Crippen molar-refractivity contribution in [2.75, 3.05) is 0 Å². The van der Waals surface area contributed by atoms with Gasteiger partial charge in [0.25, 0.3) is 0 Å². The van der Waals surface area contributed by atoms with Gasteiger partial charge in [0.15, 0.2) is 17.5 Å². The van der Waals surface area contributed by atoms with Crippen molar-refractivity contribution in [2.45, 2.75) is 0 Å². The van der Waals surface area contributed by atoms with Crippen LogP contribution in [0.2, 0.25) is 0 Å². The molecule has 0 spiro atoms. The zero-order chi connectivity index (χ0) is 38.2. The average Bonchev–Trinajstić information content (AvgIpc) is 3.78. The highest BCUT2D eigenvalue weighted by atomic mass is 15.0. The van der Waals surface area contributed by atoms with Crippen LogP contribution in [0.4, 0.5) is 0 Å². The van der Waals surface area contributed by atoms with Crippen LogP contribution in [-0.4, -0.2) is 24.1 Å². The highest BCUT2D eigenvalue weighted by Gasteiger charge is 2.20. The van der Waals surface area contributed by atoms with Crippen molar-refractivity contribution in [3.8, 4) is 45.5 Å². The first-order chi connectivity index (χ1) is 28.7. The van der Waals surface area contributed by atoms with Gasteiger partial charge in [0, 0.05) is 49.6 Å². The molecule has 12 rings (SSSR count). The molecule has 3 aromatic heterocycles. The molecular formula is C53H33N5. The molecule has 58 heavy (non-hydrogen) atoms. The number of rotatable bonds is 5. The SMILES string of the molecule is c1ccc(-c2nc(-c3ccc(-n4c5cc6ccccc6cc5c5cc6c7ccccc7n(-c7ccccc7)c6cc54)cc3)nc(-c3ccc4ccccc4c3)n2)cc1. The van der Waals surface area contributed by atoms with E-state index in [4.69, 9.17) is 15.0 Å². The van der Waals surface area contributed by atoms with E-state index in [0.29, 0.717) is 17.5 Å². The third kappa shape index (κ3) is 5.14. The van der Waals surface area contributed by atoms with Crippen LogP contribution in [0.25, 0.3) is 111 Å². The molecule has 9 aromatic carbocycles. The van der Waals surface area contributed by atoms with Crippen LogP contribution in [0.1, 0.15) is 0 Å². The summed E-state index contributed by atoms with van der Waals surface area (Å²) in [7, 11) is 0. The smallest absolute Gasteiger partial charge is 0.164 e. The molecule has 0 aliphatic rings. The number of hydrogen-bond acceptors (Lipinski definition) is 3. The first-order valence-corrected chi connectivity index (χ1v) is 19.6. The van der Waals surface area contributed by atoms with Gasteiger partial charge in [-0.05, 0) is 94.3 Å². The van der Waals surface area contributed by atoms with Gasteiger partial charge in [-0.15, -0.1) is 0 Å². The largest absolute Gasteiger partial charge is 0.309 e. The molecule has 0 unspecified atom stereocenters. The van der Waals surface area contributed by atoms with E-state index in [1.807, 2.05) is 30.3 Å². The number of aromatic nitrogens is 5. The molecule has 270 valence electrons. The van der Waals surface area contributed by atoms with Crippen LogP contribution in [0.15, 0.2) is 200 Å². The first kappa shape index (κ1) is 32.4. The predicted molar refractivity (Wildman–Crippen MR) is 240 cm³/mol. The van der Waals surface area contributed by atoms with Crippen molar-refractivity contribution in [1.29, 1.82) is 0 Å². The van der Waals surface area contributed by atoms with E-state index >= 15 is 0 Å². The second-order valence-electron chi connectivity index (χ2n) is 14.9. The molecule has 0 radical (unpaired) electrons. The minimum Gasteiger partial charge on any atom is -0.309 e. The van der Waals surface area contributed by atoms with Gasteiger partial charge in [0.05, 0.1) is 22.1 Å². The van der Waals surface area contributed by atoms with Gasteiger partial charge in [0.1, 0.15) is 0 Å². The summed E-state index contributed by atoms with van der Waals surface area (Å²) in [4.78, 5) is 15.1. The molecule has 0 bridgehead atoms. The Morgan fingerprint density at radius 3 is 1.45 bits per heavy atom. The Balaban J connectivity index is 1.07. The van der Waals surface area contributed by atoms with Crippen molar-refractivity contribution in [3.05, 3.63) is 200 Å². The summed E-state index contributed by atoms with van der Waals surface area (Å²) < 4.78 is 4.81. The molecule has 3 heterocycles.